The van der Waals surface area contributed by atoms with Crippen molar-refractivity contribution in [3.8, 4) is 66.8 Å². The zero-order valence-electron chi connectivity index (χ0n) is 30.5. The third-order valence-electron chi connectivity index (χ3n) is 10.3. The fourth-order valence-corrected chi connectivity index (χ4v) is 7.58. The SMILES string of the molecule is c1ccc(-c2cccc(N(c3ccc(-c4ccccc4-c4ccccc4-c4ccccc4)cc3)c3cc(-c4ccccc4)cc(-c4ccccc4)c3)c2)cc1. The summed E-state index contributed by atoms with van der Waals surface area (Å²) < 4.78 is 0. The summed E-state index contributed by atoms with van der Waals surface area (Å²) in [6.45, 7) is 0. The van der Waals surface area contributed by atoms with Crippen LogP contribution in [0.5, 0.6) is 0 Å². The lowest BCUT2D eigenvalue weighted by molar-refractivity contribution is 1.28. The molecule has 55 heavy (non-hydrogen) atoms. The van der Waals surface area contributed by atoms with Gasteiger partial charge in [-0.15, -0.1) is 0 Å². The van der Waals surface area contributed by atoms with Gasteiger partial charge in [-0.05, 0) is 109 Å². The molecule has 9 rings (SSSR count). The monoisotopic (exact) mass is 701 g/mol. The predicted octanol–water partition coefficient (Wildman–Crippen LogP) is 15.2. The molecular weight excluding hydrogens is 663 g/mol. The Balaban J connectivity index is 1.19. The Labute approximate surface area is 324 Å². The summed E-state index contributed by atoms with van der Waals surface area (Å²) in [5.74, 6) is 0. The van der Waals surface area contributed by atoms with Crippen molar-refractivity contribution in [2.24, 2.45) is 0 Å². The fourth-order valence-electron chi connectivity index (χ4n) is 7.58. The van der Waals surface area contributed by atoms with Gasteiger partial charge in [0.1, 0.15) is 0 Å². The van der Waals surface area contributed by atoms with Gasteiger partial charge in [0, 0.05) is 17.1 Å². The van der Waals surface area contributed by atoms with Crippen molar-refractivity contribution < 1.29 is 0 Å². The maximum Gasteiger partial charge on any atom is 0.0473 e. The van der Waals surface area contributed by atoms with Crippen LogP contribution in [0.2, 0.25) is 0 Å². The van der Waals surface area contributed by atoms with E-state index in [0.29, 0.717) is 0 Å². The highest BCUT2D eigenvalue weighted by molar-refractivity contribution is 5.92. The van der Waals surface area contributed by atoms with Crippen molar-refractivity contribution >= 4 is 17.1 Å². The molecule has 0 N–H and O–H groups in total. The van der Waals surface area contributed by atoms with Crippen LogP contribution >= 0.6 is 0 Å². The lowest BCUT2D eigenvalue weighted by Crippen LogP contribution is -2.10. The van der Waals surface area contributed by atoms with Gasteiger partial charge in [-0.2, -0.15) is 0 Å². The minimum atomic E-state index is 1.08. The molecule has 0 amide bonds. The second kappa shape index (κ2) is 15.4. The van der Waals surface area contributed by atoms with Gasteiger partial charge in [0.05, 0.1) is 0 Å². The molecule has 0 unspecified atom stereocenters. The van der Waals surface area contributed by atoms with Crippen LogP contribution in [0.15, 0.2) is 237 Å². The van der Waals surface area contributed by atoms with Gasteiger partial charge in [-0.25, -0.2) is 0 Å². The number of hydrogen-bond donors (Lipinski definition) is 0. The summed E-state index contributed by atoms with van der Waals surface area (Å²) in [5.41, 5.74) is 17.6. The van der Waals surface area contributed by atoms with Gasteiger partial charge in [-0.1, -0.05) is 194 Å². The zero-order chi connectivity index (χ0) is 36.8. The van der Waals surface area contributed by atoms with Crippen molar-refractivity contribution in [2.75, 3.05) is 4.90 Å². The van der Waals surface area contributed by atoms with E-state index in [-0.39, 0.29) is 0 Å². The molecule has 0 heterocycles. The van der Waals surface area contributed by atoms with Gasteiger partial charge < -0.3 is 4.90 Å². The van der Waals surface area contributed by atoms with Gasteiger partial charge >= 0.3 is 0 Å². The lowest BCUT2D eigenvalue weighted by atomic mass is 9.89. The van der Waals surface area contributed by atoms with E-state index in [9.17, 15) is 0 Å². The number of rotatable bonds is 9. The molecule has 0 atom stereocenters. The largest absolute Gasteiger partial charge is 0.310 e. The Bertz CT molecular complexity index is 2610. The van der Waals surface area contributed by atoms with Crippen molar-refractivity contribution in [3.05, 3.63) is 237 Å². The topological polar surface area (TPSA) is 3.24 Å². The number of nitrogens with zero attached hydrogens (tertiary/aromatic N) is 1. The van der Waals surface area contributed by atoms with E-state index in [2.05, 4.69) is 241 Å². The maximum atomic E-state index is 2.39. The van der Waals surface area contributed by atoms with E-state index in [4.69, 9.17) is 0 Å². The summed E-state index contributed by atoms with van der Waals surface area (Å²) in [5, 5.41) is 0. The summed E-state index contributed by atoms with van der Waals surface area (Å²) in [7, 11) is 0. The molecule has 0 spiro atoms. The summed E-state index contributed by atoms with van der Waals surface area (Å²) in [4.78, 5) is 2.39. The second-order valence-corrected chi connectivity index (χ2v) is 13.8. The highest BCUT2D eigenvalue weighted by Gasteiger charge is 2.18. The molecule has 9 aromatic rings. The van der Waals surface area contributed by atoms with Gasteiger partial charge in [-0.3, -0.25) is 0 Å². The number of hydrogen-bond acceptors (Lipinski definition) is 1. The minimum absolute atomic E-state index is 1.08. The molecule has 0 aliphatic heterocycles. The molecule has 0 saturated heterocycles. The lowest BCUT2D eigenvalue weighted by Gasteiger charge is -2.27. The average Bonchev–Trinajstić information content (AvgIpc) is 3.28. The van der Waals surface area contributed by atoms with E-state index in [0.717, 1.165) is 17.1 Å². The first-order valence-electron chi connectivity index (χ1n) is 18.8. The molecular formula is C54H39N. The van der Waals surface area contributed by atoms with Crippen LogP contribution in [-0.2, 0) is 0 Å². The van der Waals surface area contributed by atoms with Gasteiger partial charge in [0.15, 0.2) is 0 Å². The molecule has 0 fully saturated rings. The average molecular weight is 702 g/mol. The zero-order valence-corrected chi connectivity index (χ0v) is 30.5. The van der Waals surface area contributed by atoms with Crippen LogP contribution in [0.3, 0.4) is 0 Å². The van der Waals surface area contributed by atoms with E-state index >= 15 is 0 Å². The maximum absolute atomic E-state index is 2.39. The number of benzene rings is 9. The van der Waals surface area contributed by atoms with E-state index in [1.54, 1.807) is 0 Å². The molecule has 0 aromatic heterocycles. The summed E-state index contributed by atoms with van der Waals surface area (Å²) in [6, 6.07) is 85.0. The second-order valence-electron chi connectivity index (χ2n) is 13.8. The molecule has 0 radical (unpaired) electrons. The third kappa shape index (κ3) is 7.12. The minimum Gasteiger partial charge on any atom is -0.310 e. The van der Waals surface area contributed by atoms with Crippen LogP contribution in [-0.4, -0.2) is 0 Å². The van der Waals surface area contributed by atoms with E-state index in [1.165, 1.54) is 66.8 Å². The molecule has 0 bridgehead atoms. The van der Waals surface area contributed by atoms with Crippen LogP contribution in [0, 0.1) is 0 Å². The van der Waals surface area contributed by atoms with E-state index < -0.39 is 0 Å². The normalized spacial score (nSPS) is 10.9. The van der Waals surface area contributed by atoms with Crippen LogP contribution in [0.4, 0.5) is 17.1 Å². The Morgan fingerprint density at radius 1 is 0.182 bits per heavy atom. The first-order valence-corrected chi connectivity index (χ1v) is 18.8. The Kier molecular flexibility index (Phi) is 9.41. The predicted molar refractivity (Wildman–Crippen MR) is 234 cm³/mol. The van der Waals surface area contributed by atoms with Crippen LogP contribution in [0.25, 0.3) is 66.8 Å². The van der Waals surface area contributed by atoms with Crippen LogP contribution < -0.4 is 4.90 Å². The van der Waals surface area contributed by atoms with Crippen molar-refractivity contribution in [1.82, 2.24) is 0 Å². The standard InChI is InChI=1S/C54H39N/c1-5-18-40(19-6-1)45-26-17-27-49(37-45)55(50-38-46(41-20-7-2-8-21-41)36-47(39-50)42-22-9-3-10-23-42)48-34-32-44(33-35-48)52-29-14-16-31-54(52)53-30-15-13-28-51(53)43-24-11-4-12-25-43/h1-39H. The summed E-state index contributed by atoms with van der Waals surface area (Å²) >= 11 is 0. The van der Waals surface area contributed by atoms with Gasteiger partial charge in [0.25, 0.3) is 0 Å². The number of anilines is 3. The Morgan fingerprint density at radius 2 is 0.545 bits per heavy atom. The highest BCUT2D eigenvalue weighted by Crippen LogP contribution is 2.43. The highest BCUT2D eigenvalue weighted by atomic mass is 15.1. The smallest absolute Gasteiger partial charge is 0.0473 e. The molecule has 0 saturated carbocycles. The molecule has 0 aliphatic rings. The van der Waals surface area contributed by atoms with Crippen molar-refractivity contribution in [3.63, 3.8) is 0 Å². The molecule has 1 heteroatoms. The molecule has 0 aliphatic carbocycles. The molecule has 260 valence electrons. The van der Waals surface area contributed by atoms with Crippen molar-refractivity contribution in [2.45, 2.75) is 0 Å². The Morgan fingerprint density at radius 3 is 1.04 bits per heavy atom. The van der Waals surface area contributed by atoms with E-state index in [1.807, 2.05) is 0 Å². The van der Waals surface area contributed by atoms with Gasteiger partial charge in [0.2, 0.25) is 0 Å². The quantitative estimate of drug-likeness (QED) is 0.145. The first kappa shape index (κ1) is 33.6. The van der Waals surface area contributed by atoms with Crippen LogP contribution in [0.1, 0.15) is 0 Å². The summed E-state index contributed by atoms with van der Waals surface area (Å²) in [6.07, 6.45) is 0. The molecule has 1 nitrogen and oxygen atoms in total. The Hall–Kier alpha value is -7.22. The first-order chi connectivity index (χ1) is 27.3. The van der Waals surface area contributed by atoms with Crippen molar-refractivity contribution in [1.29, 1.82) is 0 Å². The molecule has 9 aromatic carbocycles. The third-order valence-corrected chi connectivity index (χ3v) is 10.3. The fraction of sp³-hybridized carbons (Fsp3) is 0.